The first kappa shape index (κ1) is 20.0. The van der Waals surface area contributed by atoms with Gasteiger partial charge in [0, 0.05) is 31.7 Å². The predicted octanol–water partition coefficient (Wildman–Crippen LogP) is 1.93. The van der Waals surface area contributed by atoms with Crippen LogP contribution in [0.25, 0.3) is 0 Å². The molecule has 0 spiro atoms. The van der Waals surface area contributed by atoms with Crippen LogP contribution in [0.5, 0.6) is 0 Å². The third-order valence-corrected chi connectivity index (χ3v) is 6.63. The summed E-state index contributed by atoms with van der Waals surface area (Å²) in [6, 6.07) is 13.0. The largest absolute Gasteiger partial charge is 0.465 e. The molecule has 28 heavy (non-hydrogen) atoms. The number of hydrogen-bond acceptors (Lipinski definition) is 5. The molecule has 3 rings (SSSR count). The second-order valence-corrected chi connectivity index (χ2v) is 8.52. The van der Waals surface area contributed by atoms with Gasteiger partial charge in [-0.05, 0) is 37.3 Å². The highest BCUT2D eigenvalue weighted by molar-refractivity contribution is 7.89. The maximum Gasteiger partial charge on any atom is 0.337 e. The molecule has 1 saturated heterocycles. The number of benzene rings is 2. The normalized spacial score (nSPS) is 15.3. The predicted molar refractivity (Wildman–Crippen MR) is 104 cm³/mol. The van der Waals surface area contributed by atoms with Crippen molar-refractivity contribution < 1.29 is 22.7 Å². The first-order valence-electron chi connectivity index (χ1n) is 8.87. The zero-order valence-corrected chi connectivity index (χ0v) is 16.6. The van der Waals surface area contributed by atoms with Gasteiger partial charge >= 0.3 is 5.97 Å². The number of esters is 1. The lowest BCUT2D eigenvalue weighted by Crippen LogP contribution is -2.50. The Morgan fingerprint density at radius 3 is 2.14 bits per heavy atom. The van der Waals surface area contributed by atoms with E-state index in [0.717, 1.165) is 5.56 Å². The Bertz CT molecular complexity index is 978. The summed E-state index contributed by atoms with van der Waals surface area (Å²) in [5, 5.41) is 0. The summed E-state index contributed by atoms with van der Waals surface area (Å²) in [5.41, 5.74) is 1.66. The van der Waals surface area contributed by atoms with Crippen molar-refractivity contribution in [2.75, 3.05) is 33.3 Å². The van der Waals surface area contributed by atoms with Crippen molar-refractivity contribution in [3.05, 3.63) is 65.2 Å². The Kier molecular flexibility index (Phi) is 5.81. The van der Waals surface area contributed by atoms with E-state index in [0.29, 0.717) is 11.1 Å². The molecule has 7 nitrogen and oxygen atoms in total. The highest BCUT2D eigenvalue weighted by Crippen LogP contribution is 2.19. The second-order valence-electron chi connectivity index (χ2n) is 6.58. The number of aryl methyl sites for hydroxylation is 1. The van der Waals surface area contributed by atoms with Gasteiger partial charge in [0.25, 0.3) is 5.91 Å². The standard InChI is InChI=1S/C20H22N2O5S/c1-15-6-8-18(9-7-15)28(25,26)22-12-10-21(11-13-22)19(23)16-4-3-5-17(14-16)20(24)27-2/h3-9,14H,10-13H2,1-2H3. The molecule has 0 aromatic heterocycles. The fraction of sp³-hybridized carbons (Fsp3) is 0.300. The highest BCUT2D eigenvalue weighted by Gasteiger charge is 2.30. The van der Waals surface area contributed by atoms with Gasteiger partial charge in [-0.15, -0.1) is 0 Å². The number of piperazine rings is 1. The Morgan fingerprint density at radius 2 is 1.54 bits per heavy atom. The van der Waals surface area contributed by atoms with Gasteiger partial charge in [-0.3, -0.25) is 4.79 Å². The summed E-state index contributed by atoms with van der Waals surface area (Å²) in [5.74, 6) is -0.748. The smallest absolute Gasteiger partial charge is 0.337 e. The van der Waals surface area contributed by atoms with E-state index in [1.165, 1.54) is 17.5 Å². The summed E-state index contributed by atoms with van der Waals surface area (Å²) in [7, 11) is -2.30. The lowest BCUT2D eigenvalue weighted by Gasteiger charge is -2.34. The quantitative estimate of drug-likeness (QED) is 0.730. The molecule has 1 amide bonds. The van der Waals surface area contributed by atoms with E-state index in [-0.39, 0.29) is 37.0 Å². The van der Waals surface area contributed by atoms with E-state index < -0.39 is 16.0 Å². The molecular weight excluding hydrogens is 380 g/mol. The summed E-state index contributed by atoms with van der Waals surface area (Å²) >= 11 is 0. The molecule has 0 N–H and O–H groups in total. The number of hydrogen-bond donors (Lipinski definition) is 0. The molecule has 0 unspecified atom stereocenters. The Balaban J connectivity index is 1.69. The van der Waals surface area contributed by atoms with Gasteiger partial charge in [0.1, 0.15) is 0 Å². The van der Waals surface area contributed by atoms with Crippen molar-refractivity contribution in [1.29, 1.82) is 0 Å². The first-order valence-corrected chi connectivity index (χ1v) is 10.3. The van der Waals surface area contributed by atoms with Gasteiger partial charge in [-0.25, -0.2) is 13.2 Å². The van der Waals surface area contributed by atoms with Crippen LogP contribution >= 0.6 is 0 Å². The SMILES string of the molecule is COC(=O)c1cccc(C(=O)N2CCN(S(=O)(=O)c3ccc(C)cc3)CC2)c1. The van der Waals surface area contributed by atoms with Crippen LogP contribution in [0.3, 0.4) is 0 Å². The third-order valence-electron chi connectivity index (χ3n) is 4.72. The van der Waals surface area contributed by atoms with E-state index >= 15 is 0 Å². The van der Waals surface area contributed by atoms with E-state index in [1.807, 2.05) is 6.92 Å². The van der Waals surface area contributed by atoms with Crippen LogP contribution in [0.4, 0.5) is 0 Å². The van der Waals surface area contributed by atoms with Gasteiger partial charge in [0.15, 0.2) is 0 Å². The van der Waals surface area contributed by atoms with Crippen molar-refractivity contribution in [2.24, 2.45) is 0 Å². The van der Waals surface area contributed by atoms with E-state index in [4.69, 9.17) is 0 Å². The van der Waals surface area contributed by atoms with Crippen LogP contribution in [0.2, 0.25) is 0 Å². The van der Waals surface area contributed by atoms with Crippen LogP contribution < -0.4 is 0 Å². The van der Waals surface area contributed by atoms with Gasteiger partial charge in [0.2, 0.25) is 10.0 Å². The molecule has 2 aromatic carbocycles. The minimum absolute atomic E-state index is 0.221. The molecule has 8 heteroatoms. The molecule has 1 aliphatic heterocycles. The number of amides is 1. The number of methoxy groups -OCH3 is 1. The van der Waals surface area contributed by atoms with Gasteiger partial charge in [-0.2, -0.15) is 4.31 Å². The molecule has 0 aliphatic carbocycles. The van der Waals surface area contributed by atoms with Crippen LogP contribution in [-0.4, -0.2) is 62.8 Å². The Labute approximate surface area is 164 Å². The summed E-state index contributed by atoms with van der Waals surface area (Å²) in [6.45, 7) is 2.91. The van der Waals surface area contributed by atoms with Gasteiger partial charge in [-0.1, -0.05) is 23.8 Å². The number of nitrogens with zero attached hydrogens (tertiary/aromatic N) is 2. The second kappa shape index (κ2) is 8.12. The lowest BCUT2D eigenvalue weighted by molar-refractivity contribution is 0.0600. The van der Waals surface area contributed by atoms with Crippen molar-refractivity contribution in [3.8, 4) is 0 Å². The number of carbonyl (C=O) groups is 2. The monoisotopic (exact) mass is 402 g/mol. The van der Waals surface area contributed by atoms with Crippen LogP contribution in [0.15, 0.2) is 53.4 Å². The molecule has 148 valence electrons. The molecule has 1 heterocycles. The maximum atomic E-state index is 12.8. The fourth-order valence-electron chi connectivity index (χ4n) is 3.07. The fourth-order valence-corrected chi connectivity index (χ4v) is 4.49. The molecule has 0 atom stereocenters. The Hall–Kier alpha value is -2.71. The van der Waals surface area contributed by atoms with Crippen LogP contribution in [-0.2, 0) is 14.8 Å². The molecule has 1 aliphatic rings. The summed E-state index contributed by atoms with van der Waals surface area (Å²) in [6.07, 6.45) is 0. The number of ether oxygens (including phenoxy) is 1. The number of sulfonamides is 1. The van der Waals surface area contributed by atoms with Crippen molar-refractivity contribution >= 4 is 21.9 Å². The minimum atomic E-state index is -3.58. The maximum absolute atomic E-state index is 12.8. The first-order chi connectivity index (χ1) is 13.3. The zero-order valence-electron chi connectivity index (χ0n) is 15.8. The van der Waals surface area contributed by atoms with E-state index in [9.17, 15) is 18.0 Å². The summed E-state index contributed by atoms with van der Waals surface area (Å²) < 4.78 is 31.6. The zero-order chi connectivity index (χ0) is 20.3. The molecule has 0 bridgehead atoms. The molecular formula is C20H22N2O5S. The van der Waals surface area contributed by atoms with Crippen LogP contribution in [0.1, 0.15) is 26.3 Å². The van der Waals surface area contributed by atoms with E-state index in [2.05, 4.69) is 4.74 Å². The topological polar surface area (TPSA) is 84.0 Å². The van der Waals surface area contributed by atoms with E-state index in [1.54, 1.807) is 47.4 Å². The average Bonchev–Trinajstić information content (AvgIpc) is 2.73. The lowest BCUT2D eigenvalue weighted by atomic mass is 10.1. The Morgan fingerprint density at radius 1 is 0.929 bits per heavy atom. The van der Waals surface area contributed by atoms with Crippen molar-refractivity contribution in [2.45, 2.75) is 11.8 Å². The molecule has 2 aromatic rings. The highest BCUT2D eigenvalue weighted by atomic mass is 32.2. The van der Waals surface area contributed by atoms with Crippen molar-refractivity contribution in [3.63, 3.8) is 0 Å². The summed E-state index contributed by atoms with van der Waals surface area (Å²) in [4.78, 5) is 26.2. The van der Waals surface area contributed by atoms with Gasteiger partial charge in [0.05, 0.1) is 17.6 Å². The molecule has 0 radical (unpaired) electrons. The molecule has 1 fully saturated rings. The van der Waals surface area contributed by atoms with Crippen molar-refractivity contribution in [1.82, 2.24) is 9.21 Å². The average molecular weight is 402 g/mol. The van der Waals surface area contributed by atoms with Crippen LogP contribution in [0, 0.1) is 6.92 Å². The number of rotatable bonds is 4. The minimum Gasteiger partial charge on any atom is -0.465 e. The number of carbonyl (C=O) groups excluding carboxylic acids is 2. The molecule has 0 saturated carbocycles. The third kappa shape index (κ3) is 4.07. The van der Waals surface area contributed by atoms with Gasteiger partial charge < -0.3 is 9.64 Å².